The van der Waals surface area contributed by atoms with Gasteiger partial charge in [-0.3, -0.25) is 14.4 Å². The summed E-state index contributed by atoms with van der Waals surface area (Å²) < 4.78 is 0. The Hall–Kier alpha value is -3.35. The van der Waals surface area contributed by atoms with Crippen LogP contribution < -0.4 is 0 Å². The van der Waals surface area contributed by atoms with Crippen LogP contribution in [0.25, 0.3) is 11.1 Å². The second-order valence-electron chi connectivity index (χ2n) is 11.1. The van der Waals surface area contributed by atoms with Gasteiger partial charge in [-0.15, -0.1) is 0 Å². The number of halogens is 2. The van der Waals surface area contributed by atoms with Gasteiger partial charge in [0.1, 0.15) is 0 Å². The minimum Gasteiger partial charge on any atom is -0.343 e. The number of nitrogens with zero attached hydrogens (tertiary/aromatic N) is 3. The van der Waals surface area contributed by atoms with E-state index < -0.39 is 0 Å². The Morgan fingerprint density at radius 2 is 1.46 bits per heavy atom. The van der Waals surface area contributed by atoms with E-state index in [1.54, 1.807) is 13.0 Å². The summed E-state index contributed by atoms with van der Waals surface area (Å²) >= 11 is 12.7. The fraction of sp³-hybridized carbons (Fsp3) is 0.364. The van der Waals surface area contributed by atoms with Crippen molar-refractivity contribution in [2.75, 3.05) is 33.2 Å². The van der Waals surface area contributed by atoms with Gasteiger partial charge < -0.3 is 14.7 Å². The summed E-state index contributed by atoms with van der Waals surface area (Å²) in [6.45, 7) is 3.84. The number of hydrogen-bond acceptors (Lipinski definition) is 3. The molecule has 2 saturated heterocycles. The number of carbonyl (C=O) groups is 3. The fourth-order valence-electron chi connectivity index (χ4n) is 6.19. The highest BCUT2D eigenvalue weighted by molar-refractivity contribution is 6.42. The molecule has 0 radical (unpaired) electrons. The molecule has 41 heavy (non-hydrogen) atoms. The number of amides is 3. The molecule has 0 aromatic heterocycles. The molecule has 2 heterocycles. The molecule has 2 aliphatic rings. The van der Waals surface area contributed by atoms with Crippen LogP contribution in [0.3, 0.4) is 0 Å². The average molecular weight is 593 g/mol. The highest BCUT2D eigenvalue weighted by Gasteiger charge is 2.39. The maximum absolute atomic E-state index is 13.8. The molecule has 2 fully saturated rings. The van der Waals surface area contributed by atoms with E-state index >= 15 is 0 Å². The molecule has 0 saturated carbocycles. The van der Waals surface area contributed by atoms with E-state index in [9.17, 15) is 14.4 Å². The third-order valence-corrected chi connectivity index (χ3v) is 9.32. The fourth-order valence-corrected chi connectivity index (χ4v) is 6.50. The van der Waals surface area contributed by atoms with Crippen molar-refractivity contribution in [2.45, 2.75) is 38.1 Å². The lowest BCUT2D eigenvalue weighted by atomic mass is 9.83. The van der Waals surface area contributed by atoms with Crippen LogP contribution in [0.15, 0.2) is 72.8 Å². The summed E-state index contributed by atoms with van der Waals surface area (Å²) in [5.41, 5.74) is 3.62. The van der Waals surface area contributed by atoms with Gasteiger partial charge in [0, 0.05) is 63.6 Å². The Morgan fingerprint density at radius 1 is 0.780 bits per heavy atom. The maximum Gasteiger partial charge on any atom is 0.253 e. The van der Waals surface area contributed by atoms with E-state index in [1.165, 1.54) is 0 Å². The molecule has 3 amide bonds. The van der Waals surface area contributed by atoms with Crippen LogP contribution in [-0.2, 0) is 9.59 Å². The molecule has 3 aromatic carbocycles. The van der Waals surface area contributed by atoms with E-state index in [0.29, 0.717) is 61.1 Å². The van der Waals surface area contributed by atoms with Gasteiger partial charge in [0.05, 0.1) is 10.0 Å². The number of piperidine rings is 2. The van der Waals surface area contributed by atoms with Gasteiger partial charge in [0.15, 0.2) is 0 Å². The molecule has 0 N–H and O–H groups in total. The number of likely N-dealkylation sites (tertiary alicyclic amines) is 2. The third kappa shape index (κ3) is 6.44. The monoisotopic (exact) mass is 591 g/mol. The Balaban J connectivity index is 1.37. The van der Waals surface area contributed by atoms with Gasteiger partial charge in [-0.1, -0.05) is 71.7 Å². The van der Waals surface area contributed by atoms with Gasteiger partial charge in [-0.05, 0) is 60.2 Å². The Bertz CT molecular complexity index is 1420. The lowest BCUT2D eigenvalue weighted by Crippen LogP contribution is -2.53. The first-order valence-electron chi connectivity index (χ1n) is 14.1. The normalized spacial score (nSPS) is 19.6. The summed E-state index contributed by atoms with van der Waals surface area (Å²) in [4.78, 5) is 44.8. The molecule has 8 heteroatoms. The van der Waals surface area contributed by atoms with Crippen LogP contribution >= 0.6 is 23.2 Å². The van der Waals surface area contributed by atoms with Crippen molar-refractivity contribution in [3.63, 3.8) is 0 Å². The average Bonchev–Trinajstić information content (AvgIpc) is 3.01. The van der Waals surface area contributed by atoms with E-state index in [-0.39, 0.29) is 35.6 Å². The molecule has 0 unspecified atom stereocenters. The van der Waals surface area contributed by atoms with Crippen LogP contribution in [-0.4, -0.2) is 71.7 Å². The van der Waals surface area contributed by atoms with Crippen molar-refractivity contribution in [3.05, 3.63) is 94.0 Å². The van der Waals surface area contributed by atoms with Crippen molar-refractivity contribution in [2.24, 2.45) is 5.92 Å². The first-order chi connectivity index (χ1) is 19.7. The van der Waals surface area contributed by atoms with Crippen LogP contribution in [0.1, 0.15) is 48.0 Å². The summed E-state index contributed by atoms with van der Waals surface area (Å²) in [5, 5.41) is 0.919. The number of likely N-dealkylation sites (N-methyl/N-ethyl adjacent to an activating group) is 1. The predicted octanol–water partition coefficient (Wildman–Crippen LogP) is 6.38. The van der Waals surface area contributed by atoms with Gasteiger partial charge in [0.2, 0.25) is 11.8 Å². The molecule has 0 bridgehead atoms. The molecule has 2 atom stereocenters. The molecular formula is C33H35Cl2N3O3. The molecule has 5 rings (SSSR count). The largest absolute Gasteiger partial charge is 0.343 e. The number of carbonyl (C=O) groups excluding carboxylic acids is 3. The third-order valence-electron chi connectivity index (χ3n) is 8.58. The van der Waals surface area contributed by atoms with Crippen molar-refractivity contribution >= 4 is 40.9 Å². The van der Waals surface area contributed by atoms with Crippen molar-refractivity contribution in [1.29, 1.82) is 0 Å². The second kappa shape index (κ2) is 12.7. The molecule has 0 spiro atoms. The Morgan fingerprint density at radius 3 is 2.15 bits per heavy atom. The molecule has 6 nitrogen and oxygen atoms in total. The Labute approximate surface area is 251 Å². The number of rotatable bonds is 5. The van der Waals surface area contributed by atoms with Crippen LogP contribution in [0.5, 0.6) is 0 Å². The second-order valence-corrected chi connectivity index (χ2v) is 11.9. The summed E-state index contributed by atoms with van der Waals surface area (Å²) in [6, 6.07) is 23.2. The van der Waals surface area contributed by atoms with Gasteiger partial charge in [-0.25, -0.2) is 0 Å². The zero-order chi connectivity index (χ0) is 29.1. The van der Waals surface area contributed by atoms with Crippen LogP contribution in [0.2, 0.25) is 10.0 Å². The summed E-state index contributed by atoms with van der Waals surface area (Å²) in [5.74, 6) is -0.114. The van der Waals surface area contributed by atoms with Crippen LogP contribution in [0.4, 0.5) is 0 Å². The zero-order valence-electron chi connectivity index (χ0n) is 23.4. The smallest absolute Gasteiger partial charge is 0.253 e. The Kier molecular flexibility index (Phi) is 9.00. The number of hydrogen-bond donors (Lipinski definition) is 0. The van der Waals surface area contributed by atoms with Crippen molar-refractivity contribution < 1.29 is 14.4 Å². The topological polar surface area (TPSA) is 60.9 Å². The SMILES string of the molecule is CC(=O)N1CCC(C(=O)N2CC[C@@H](N(C)C(=O)c3cccc(-c4ccccc4)c3)[C@H](c3ccc(Cl)c(Cl)c3)C2)CC1. The first kappa shape index (κ1) is 29.2. The standard InChI is InChI=1S/C33H35Cl2N3O3/c1-22(39)37-16-13-24(14-17-37)33(41)38-18-15-31(28(21-38)26-11-12-29(34)30(35)20-26)36(2)32(40)27-10-6-9-25(19-27)23-7-4-3-5-8-23/h3-12,19-20,24,28,31H,13-18,21H2,1-2H3/t28-,31+/m0/s1. The van der Waals surface area contributed by atoms with E-state index in [4.69, 9.17) is 23.2 Å². The molecule has 3 aromatic rings. The van der Waals surface area contributed by atoms with Crippen molar-refractivity contribution in [3.8, 4) is 11.1 Å². The van der Waals surface area contributed by atoms with Crippen molar-refractivity contribution in [1.82, 2.24) is 14.7 Å². The first-order valence-corrected chi connectivity index (χ1v) is 14.9. The quantitative estimate of drug-likeness (QED) is 0.346. The zero-order valence-corrected chi connectivity index (χ0v) is 24.9. The minimum atomic E-state index is -0.135. The highest BCUT2D eigenvalue weighted by atomic mass is 35.5. The molecule has 214 valence electrons. The molecule has 0 aliphatic carbocycles. The molecule has 2 aliphatic heterocycles. The van der Waals surface area contributed by atoms with Crippen LogP contribution in [0, 0.1) is 5.92 Å². The van der Waals surface area contributed by atoms with E-state index in [1.807, 2.05) is 88.5 Å². The summed E-state index contributed by atoms with van der Waals surface area (Å²) in [7, 11) is 1.85. The highest BCUT2D eigenvalue weighted by Crippen LogP contribution is 2.36. The minimum absolute atomic E-state index is 0.0541. The number of benzene rings is 3. The lowest BCUT2D eigenvalue weighted by Gasteiger charge is -2.44. The predicted molar refractivity (Wildman–Crippen MR) is 163 cm³/mol. The van der Waals surface area contributed by atoms with E-state index in [2.05, 4.69) is 0 Å². The molecular weight excluding hydrogens is 557 g/mol. The van der Waals surface area contributed by atoms with Gasteiger partial charge in [-0.2, -0.15) is 0 Å². The van der Waals surface area contributed by atoms with E-state index in [0.717, 1.165) is 16.7 Å². The lowest BCUT2D eigenvalue weighted by molar-refractivity contribution is -0.141. The summed E-state index contributed by atoms with van der Waals surface area (Å²) in [6.07, 6.45) is 1.99. The van der Waals surface area contributed by atoms with Gasteiger partial charge in [0.25, 0.3) is 5.91 Å². The maximum atomic E-state index is 13.8. The van der Waals surface area contributed by atoms with Gasteiger partial charge >= 0.3 is 0 Å².